The van der Waals surface area contributed by atoms with Gasteiger partial charge in [-0.3, -0.25) is 4.79 Å². The number of carbonyl (C=O) groups is 1. The lowest BCUT2D eigenvalue weighted by molar-refractivity contribution is -0.00177. The Bertz CT molecular complexity index is 1530. The molecular weight excluding hydrogens is 503 g/mol. The molecule has 4 aromatic heterocycles. The van der Waals surface area contributed by atoms with E-state index in [1.165, 1.54) is 30.9 Å². The van der Waals surface area contributed by atoms with Crippen LogP contribution in [0.25, 0.3) is 16.9 Å². The average molecular weight is 531 g/mol. The highest BCUT2D eigenvalue weighted by Crippen LogP contribution is 2.25. The highest BCUT2D eigenvalue weighted by Gasteiger charge is 2.29. The number of aliphatic hydroxyl groups is 1. The number of pyridine rings is 2. The largest absolute Gasteiger partial charge is 0.387 e. The molecule has 0 aliphatic carbocycles. The molecule has 0 radical (unpaired) electrons. The van der Waals surface area contributed by atoms with Crippen molar-refractivity contribution in [2.45, 2.75) is 38.1 Å². The Kier molecular flexibility index (Phi) is 7.03. The molecule has 0 bridgehead atoms. The van der Waals surface area contributed by atoms with Crippen LogP contribution in [0.5, 0.6) is 0 Å². The summed E-state index contributed by atoms with van der Waals surface area (Å²) in [5, 5.41) is 30.1. The molecule has 0 spiro atoms. The second-order valence-electron chi connectivity index (χ2n) is 9.85. The summed E-state index contributed by atoms with van der Waals surface area (Å²) in [7, 11) is 0. The summed E-state index contributed by atoms with van der Waals surface area (Å²) in [4.78, 5) is 32.6. The third kappa shape index (κ3) is 5.60. The third-order valence-electron chi connectivity index (χ3n) is 6.48. The number of amides is 1. The zero-order chi connectivity index (χ0) is 27.6. The number of nitriles is 1. The zero-order valence-corrected chi connectivity index (χ0v) is 21.4. The van der Waals surface area contributed by atoms with E-state index in [2.05, 4.69) is 41.7 Å². The minimum atomic E-state index is -1.65. The van der Waals surface area contributed by atoms with Crippen LogP contribution in [0.1, 0.15) is 36.2 Å². The van der Waals surface area contributed by atoms with Crippen molar-refractivity contribution in [3.05, 3.63) is 60.3 Å². The number of hydrogen-bond acceptors (Lipinski definition) is 10. The first-order valence-corrected chi connectivity index (χ1v) is 12.4. The summed E-state index contributed by atoms with van der Waals surface area (Å²) in [6.07, 6.45) is 6.93. The molecule has 1 aliphatic rings. The van der Waals surface area contributed by atoms with Gasteiger partial charge in [0.15, 0.2) is 11.5 Å². The number of nitrogens with zero attached hydrogens (tertiary/aromatic N) is 8. The quantitative estimate of drug-likeness (QED) is 0.308. The molecule has 5 rings (SSSR count). The molecule has 5 heterocycles. The van der Waals surface area contributed by atoms with Crippen LogP contribution in [0, 0.1) is 11.3 Å². The zero-order valence-electron chi connectivity index (χ0n) is 21.4. The Morgan fingerprint density at radius 1 is 1.23 bits per heavy atom. The molecular formula is C26H27FN10O2. The number of halogens is 1. The number of anilines is 2. The van der Waals surface area contributed by atoms with Crippen LogP contribution in [0.3, 0.4) is 0 Å². The molecule has 39 heavy (non-hydrogen) atoms. The molecule has 0 saturated carbocycles. The predicted octanol–water partition coefficient (Wildman–Crippen LogP) is 2.01. The van der Waals surface area contributed by atoms with Crippen LogP contribution in [-0.4, -0.2) is 78.2 Å². The van der Waals surface area contributed by atoms with Crippen molar-refractivity contribution >= 4 is 28.6 Å². The average Bonchev–Trinajstić information content (AvgIpc) is 3.58. The lowest BCUT2D eigenvalue weighted by atomic mass is 10.0. The van der Waals surface area contributed by atoms with Gasteiger partial charge in [0.25, 0.3) is 5.91 Å². The van der Waals surface area contributed by atoms with Crippen LogP contribution in [0.15, 0.2) is 49.2 Å². The Labute approximate surface area is 223 Å². The molecule has 12 nitrogen and oxygen atoms in total. The third-order valence-corrected chi connectivity index (χ3v) is 6.48. The van der Waals surface area contributed by atoms with Crippen LogP contribution < -0.4 is 15.5 Å². The molecule has 0 unspecified atom stereocenters. The van der Waals surface area contributed by atoms with Crippen LogP contribution in [0.4, 0.5) is 16.0 Å². The molecule has 1 fully saturated rings. The SMILES string of the molecule is CC(C)(O)[C@H](F)CNC(=O)c1cnc(-n2ncc3cc(C#N)cnc32)cc1N[C@@H]1CCN(c2ncccn2)C1. The molecule has 2 atom stereocenters. The first kappa shape index (κ1) is 25.9. The molecule has 1 amide bonds. The van der Waals surface area contributed by atoms with Crippen molar-refractivity contribution in [2.75, 3.05) is 29.9 Å². The summed E-state index contributed by atoms with van der Waals surface area (Å²) in [5.74, 6) is 0.496. The standard InChI is InChI=1S/C26H27FN10O2/c1-26(2,39)21(27)14-33-24(38)19-13-31-22(37-23-17(12-34-37)8-16(10-28)11-32-23)9-20(19)35-18-4-7-36(15-18)25-29-5-3-6-30-25/h3,5-6,8-9,11-13,18,21,39H,4,7,14-15H2,1-2H3,(H,31,35)(H,33,38)/t18-,21-/m1/s1. The van der Waals surface area contributed by atoms with Gasteiger partial charge in [0.2, 0.25) is 5.95 Å². The molecule has 1 saturated heterocycles. The van der Waals surface area contributed by atoms with E-state index < -0.39 is 17.7 Å². The number of aromatic nitrogens is 6. The van der Waals surface area contributed by atoms with Gasteiger partial charge in [0, 0.05) is 55.4 Å². The Balaban J connectivity index is 1.44. The fourth-order valence-corrected chi connectivity index (χ4v) is 4.27. The maximum atomic E-state index is 14.3. The Morgan fingerprint density at radius 3 is 2.77 bits per heavy atom. The topological polar surface area (TPSA) is 158 Å². The van der Waals surface area contributed by atoms with Gasteiger partial charge in [-0.2, -0.15) is 15.0 Å². The van der Waals surface area contributed by atoms with Crippen LogP contribution >= 0.6 is 0 Å². The first-order chi connectivity index (χ1) is 18.7. The van der Waals surface area contributed by atoms with Gasteiger partial charge in [-0.25, -0.2) is 24.3 Å². The number of carbonyl (C=O) groups excluding carboxylic acids is 1. The van der Waals surface area contributed by atoms with E-state index in [0.717, 1.165) is 13.0 Å². The lowest BCUT2D eigenvalue weighted by Gasteiger charge is -2.23. The smallest absolute Gasteiger partial charge is 0.255 e. The number of rotatable bonds is 8. The van der Waals surface area contributed by atoms with E-state index in [1.54, 1.807) is 36.8 Å². The predicted molar refractivity (Wildman–Crippen MR) is 141 cm³/mol. The summed E-state index contributed by atoms with van der Waals surface area (Å²) in [6, 6.07) is 7.15. The lowest BCUT2D eigenvalue weighted by Crippen LogP contribution is -2.42. The van der Waals surface area contributed by atoms with Gasteiger partial charge in [0.05, 0.1) is 35.2 Å². The fraction of sp³-hybridized carbons (Fsp3) is 0.346. The monoisotopic (exact) mass is 530 g/mol. The first-order valence-electron chi connectivity index (χ1n) is 12.4. The maximum absolute atomic E-state index is 14.3. The normalized spacial score (nSPS) is 16.2. The summed E-state index contributed by atoms with van der Waals surface area (Å²) in [6.45, 7) is 3.67. The number of fused-ring (bicyclic) bond motifs is 1. The second-order valence-corrected chi connectivity index (χ2v) is 9.85. The van der Waals surface area contributed by atoms with Gasteiger partial charge in [0.1, 0.15) is 12.2 Å². The van der Waals surface area contributed by atoms with Gasteiger partial charge in [-0.1, -0.05) is 0 Å². The van der Waals surface area contributed by atoms with Crippen molar-refractivity contribution < 1.29 is 14.3 Å². The highest BCUT2D eigenvalue weighted by atomic mass is 19.1. The van der Waals surface area contributed by atoms with Gasteiger partial charge < -0.3 is 20.6 Å². The van der Waals surface area contributed by atoms with E-state index in [1.807, 2.05) is 4.90 Å². The Hall–Kier alpha value is -4.70. The summed E-state index contributed by atoms with van der Waals surface area (Å²) in [5.41, 5.74) is 0.0165. The van der Waals surface area contributed by atoms with E-state index in [4.69, 9.17) is 5.26 Å². The molecule has 200 valence electrons. The number of nitrogens with one attached hydrogen (secondary N) is 2. The van der Waals surface area contributed by atoms with Gasteiger partial charge in [-0.05, 0) is 32.4 Å². The maximum Gasteiger partial charge on any atom is 0.255 e. The van der Waals surface area contributed by atoms with E-state index in [0.29, 0.717) is 40.6 Å². The van der Waals surface area contributed by atoms with E-state index in [9.17, 15) is 14.3 Å². The molecule has 13 heteroatoms. The molecule has 1 aliphatic heterocycles. The van der Waals surface area contributed by atoms with E-state index >= 15 is 0 Å². The second kappa shape index (κ2) is 10.6. The fourth-order valence-electron chi connectivity index (χ4n) is 4.27. The van der Waals surface area contributed by atoms with Crippen LogP contribution in [0.2, 0.25) is 0 Å². The summed E-state index contributed by atoms with van der Waals surface area (Å²) < 4.78 is 15.8. The molecule has 4 aromatic rings. The van der Waals surface area contributed by atoms with Crippen molar-refractivity contribution in [1.29, 1.82) is 5.26 Å². The van der Waals surface area contributed by atoms with Crippen LogP contribution in [-0.2, 0) is 0 Å². The minimum Gasteiger partial charge on any atom is -0.387 e. The van der Waals surface area contributed by atoms with E-state index in [-0.39, 0.29) is 18.2 Å². The highest BCUT2D eigenvalue weighted by molar-refractivity contribution is 5.99. The van der Waals surface area contributed by atoms with Gasteiger partial charge in [-0.15, -0.1) is 0 Å². The molecule has 3 N–H and O–H groups in total. The molecule has 0 aromatic carbocycles. The number of hydrogen-bond donors (Lipinski definition) is 3. The van der Waals surface area contributed by atoms with Crippen molar-refractivity contribution in [2.24, 2.45) is 0 Å². The van der Waals surface area contributed by atoms with Crippen molar-refractivity contribution in [3.8, 4) is 11.9 Å². The van der Waals surface area contributed by atoms with Gasteiger partial charge >= 0.3 is 0 Å². The van der Waals surface area contributed by atoms with Crippen molar-refractivity contribution in [3.63, 3.8) is 0 Å². The minimum absolute atomic E-state index is 0.0356. The Morgan fingerprint density at radius 2 is 2.03 bits per heavy atom. The van der Waals surface area contributed by atoms with Crippen molar-refractivity contribution in [1.82, 2.24) is 35.0 Å². The number of alkyl halides is 1. The summed E-state index contributed by atoms with van der Waals surface area (Å²) >= 11 is 0.